The predicted molar refractivity (Wildman–Crippen MR) is 133 cm³/mol. The number of methoxy groups -OCH3 is 1. The fraction of sp³-hybridized carbons (Fsp3) is 0.786. The van der Waals surface area contributed by atoms with Crippen LogP contribution in [0.1, 0.15) is 97.8 Å². The molecule has 2 N–H and O–H groups in total. The van der Waals surface area contributed by atoms with E-state index in [0.29, 0.717) is 5.96 Å². The van der Waals surface area contributed by atoms with Crippen LogP contribution in [0.5, 0.6) is 0 Å². The molecule has 0 aromatic carbocycles. The molecule has 5 heteroatoms. The predicted octanol–water partition coefficient (Wildman–Crippen LogP) is 5.50. The number of nitrogens with two attached hydrogens (primary N) is 1. The maximum absolute atomic E-state index is 14.3. The molecule has 1 aliphatic heterocycles. The molecule has 0 saturated heterocycles. The summed E-state index contributed by atoms with van der Waals surface area (Å²) in [5.74, 6) is 1.33. The topological polar surface area (TPSA) is 67.9 Å². The summed E-state index contributed by atoms with van der Waals surface area (Å²) in [4.78, 5) is 21.3. The van der Waals surface area contributed by atoms with Crippen molar-refractivity contribution in [1.29, 1.82) is 0 Å². The van der Waals surface area contributed by atoms with Crippen LogP contribution in [-0.4, -0.2) is 41.6 Å². The Bertz CT molecular complexity index is 889. The Morgan fingerprint density at radius 3 is 2.48 bits per heavy atom. The molecule has 182 valence electrons. The van der Waals surface area contributed by atoms with Gasteiger partial charge in [0.05, 0.1) is 6.10 Å². The van der Waals surface area contributed by atoms with E-state index in [2.05, 4.69) is 19.1 Å². The van der Waals surface area contributed by atoms with Gasteiger partial charge in [0.1, 0.15) is 0 Å². The Hall–Kier alpha value is -1.62. The van der Waals surface area contributed by atoms with Crippen LogP contribution >= 0.6 is 0 Å². The molecule has 3 fully saturated rings. The van der Waals surface area contributed by atoms with E-state index in [9.17, 15) is 4.79 Å². The monoisotopic (exact) mass is 453 g/mol. The fourth-order valence-electron chi connectivity index (χ4n) is 8.11. The standard InChI is InChI=1S/C28H43N3O2/c1-19(2)31-24(32)28(30-25(31)29)23-17-21(16-20-8-6-5-7-9-20)10-13-26(23,3)18-27(28)14-11-22(33-4)12-15-27/h10,17,19-20,22H,5-9,11-16,18H2,1-4H3,(H2,29,30). The molecule has 0 radical (unpaired) electrons. The quantitative estimate of drug-likeness (QED) is 0.611. The molecule has 4 aliphatic carbocycles. The number of rotatable bonds is 4. The number of fused-ring (bicyclic) bond motifs is 3. The number of allylic oxidation sites excluding steroid dienone is 3. The number of amides is 1. The second-order valence-electron chi connectivity index (χ2n) is 12.2. The minimum absolute atomic E-state index is 0.0151. The summed E-state index contributed by atoms with van der Waals surface area (Å²) in [5.41, 5.74) is 8.17. The van der Waals surface area contributed by atoms with E-state index < -0.39 is 5.54 Å². The first-order valence-electron chi connectivity index (χ1n) is 13.4. The summed E-state index contributed by atoms with van der Waals surface area (Å²) in [7, 11) is 1.81. The molecule has 5 rings (SSSR count). The lowest BCUT2D eigenvalue weighted by Gasteiger charge is -2.45. The van der Waals surface area contributed by atoms with E-state index in [-0.39, 0.29) is 28.9 Å². The van der Waals surface area contributed by atoms with Gasteiger partial charge in [0.2, 0.25) is 0 Å². The van der Waals surface area contributed by atoms with Crippen LogP contribution in [-0.2, 0) is 9.53 Å². The number of carbonyl (C=O) groups excluding carboxylic acids is 1. The third kappa shape index (κ3) is 3.44. The summed E-state index contributed by atoms with van der Waals surface area (Å²) >= 11 is 0. The summed E-state index contributed by atoms with van der Waals surface area (Å²) < 4.78 is 5.72. The molecule has 2 unspecified atom stereocenters. The van der Waals surface area contributed by atoms with Crippen LogP contribution in [0.15, 0.2) is 28.3 Å². The van der Waals surface area contributed by atoms with Crippen molar-refractivity contribution in [3.05, 3.63) is 23.3 Å². The van der Waals surface area contributed by atoms with Gasteiger partial charge in [-0.3, -0.25) is 9.69 Å². The molecule has 2 spiro atoms. The van der Waals surface area contributed by atoms with E-state index in [4.69, 9.17) is 15.5 Å². The van der Waals surface area contributed by atoms with Gasteiger partial charge in [-0.1, -0.05) is 56.8 Å². The molecule has 1 heterocycles. The van der Waals surface area contributed by atoms with Crippen molar-refractivity contribution in [3.63, 3.8) is 0 Å². The molecule has 0 aromatic heterocycles. The number of carbonyl (C=O) groups is 1. The van der Waals surface area contributed by atoms with E-state index in [1.165, 1.54) is 43.3 Å². The summed E-state index contributed by atoms with van der Waals surface area (Å²) in [6.07, 6.45) is 19.1. The smallest absolute Gasteiger partial charge is 0.262 e. The van der Waals surface area contributed by atoms with Crippen LogP contribution in [0.25, 0.3) is 0 Å². The Labute approximate surface area is 199 Å². The lowest BCUT2D eigenvalue weighted by Crippen LogP contribution is -2.55. The molecule has 5 aliphatic rings. The zero-order chi connectivity index (χ0) is 23.4. The molecule has 33 heavy (non-hydrogen) atoms. The normalized spacial score (nSPS) is 39.3. The van der Waals surface area contributed by atoms with Crippen LogP contribution in [0.4, 0.5) is 0 Å². The second kappa shape index (κ2) is 8.25. The zero-order valence-corrected chi connectivity index (χ0v) is 21.2. The number of hydrogen-bond acceptors (Lipinski definition) is 4. The Balaban J connectivity index is 1.57. The highest BCUT2D eigenvalue weighted by Gasteiger charge is 2.72. The molecule has 0 bridgehead atoms. The highest BCUT2D eigenvalue weighted by Crippen LogP contribution is 2.69. The van der Waals surface area contributed by atoms with Crippen molar-refractivity contribution in [3.8, 4) is 0 Å². The minimum Gasteiger partial charge on any atom is -0.381 e. The average molecular weight is 454 g/mol. The van der Waals surface area contributed by atoms with Gasteiger partial charge in [-0.25, -0.2) is 4.99 Å². The van der Waals surface area contributed by atoms with Crippen molar-refractivity contribution < 1.29 is 9.53 Å². The highest BCUT2D eigenvalue weighted by atomic mass is 16.5. The van der Waals surface area contributed by atoms with Gasteiger partial charge < -0.3 is 10.5 Å². The van der Waals surface area contributed by atoms with Crippen LogP contribution in [0.2, 0.25) is 0 Å². The van der Waals surface area contributed by atoms with Gasteiger partial charge in [0.15, 0.2) is 11.5 Å². The number of guanidine groups is 1. The highest BCUT2D eigenvalue weighted by molar-refractivity contribution is 6.10. The van der Waals surface area contributed by atoms with Gasteiger partial charge in [0, 0.05) is 18.6 Å². The lowest BCUT2D eigenvalue weighted by molar-refractivity contribution is -0.136. The SMILES string of the molecule is COC1CCC2(CC1)CC1(C)CC=C(CC3CCCCC3)C=C1C21N=C(N)N(C(C)C)C1=O. The van der Waals surface area contributed by atoms with Gasteiger partial charge in [0.25, 0.3) is 5.91 Å². The number of aliphatic imine (C=N–C) groups is 1. The number of nitrogens with zero attached hydrogens (tertiary/aromatic N) is 2. The van der Waals surface area contributed by atoms with Crippen molar-refractivity contribution in [2.45, 2.75) is 116 Å². The zero-order valence-electron chi connectivity index (χ0n) is 21.2. The molecule has 3 saturated carbocycles. The van der Waals surface area contributed by atoms with Crippen molar-refractivity contribution in [2.75, 3.05) is 7.11 Å². The lowest BCUT2D eigenvalue weighted by atomic mass is 9.61. The number of ether oxygens (including phenoxy) is 1. The van der Waals surface area contributed by atoms with E-state index in [1.807, 2.05) is 21.0 Å². The Morgan fingerprint density at radius 2 is 1.88 bits per heavy atom. The fourth-order valence-corrected chi connectivity index (χ4v) is 8.11. The minimum atomic E-state index is -0.832. The van der Waals surface area contributed by atoms with Gasteiger partial charge in [-0.15, -0.1) is 0 Å². The average Bonchev–Trinajstić information content (AvgIpc) is 3.18. The van der Waals surface area contributed by atoms with Gasteiger partial charge in [-0.2, -0.15) is 0 Å². The molecule has 2 atom stereocenters. The largest absolute Gasteiger partial charge is 0.381 e. The first-order valence-corrected chi connectivity index (χ1v) is 13.4. The second-order valence-corrected chi connectivity index (χ2v) is 12.2. The molecular weight excluding hydrogens is 410 g/mol. The van der Waals surface area contributed by atoms with Crippen molar-refractivity contribution in [2.24, 2.45) is 27.5 Å². The summed E-state index contributed by atoms with van der Waals surface area (Å²) in [6, 6.07) is 0.0151. The third-order valence-electron chi connectivity index (χ3n) is 9.73. The maximum Gasteiger partial charge on any atom is 0.262 e. The molecule has 1 amide bonds. The summed E-state index contributed by atoms with van der Waals surface area (Å²) in [6.45, 7) is 6.47. The molecule has 0 aromatic rings. The van der Waals surface area contributed by atoms with E-state index in [0.717, 1.165) is 50.9 Å². The van der Waals surface area contributed by atoms with Crippen molar-refractivity contribution >= 4 is 11.9 Å². The summed E-state index contributed by atoms with van der Waals surface area (Å²) in [5, 5.41) is 0. The van der Waals surface area contributed by atoms with Crippen LogP contribution < -0.4 is 5.73 Å². The first-order chi connectivity index (χ1) is 15.7. The first kappa shape index (κ1) is 23.1. The maximum atomic E-state index is 14.3. The van der Waals surface area contributed by atoms with E-state index in [1.54, 1.807) is 4.90 Å². The van der Waals surface area contributed by atoms with Gasteiger partial charge >= 0.3 is 0 Å². The third-order valence-corrected chi connectivity index (χ3v) is 9.73. The van der Waals surface area contributed by atoms with Crippen LogP contribution in [0.3, 0.4) is 0 Å². The van der Waals surface area contributed by atoms with E-state index >= 15 is 0 Å². The molecular formula is C28H43N3O2. The van der Waals surface area contributed by atoms with Crippen molar-refractivity contribution in [1.82, 2.24) is 4.90 Å². The number of hydrogen-bond donors (Lipinski definition) is 1. The molecule has 5 nitrogen and oxygen atoms in total. The van der Waals surface area contributed by atoms with Gasteiger partial charge in [-0.05, 0) is 75.7 Å². The Morgan fingerprint density at radius 1 is 1.18 bits per heavy atom. The Kier molecular flexibility index (Phi) is 5.78. The van der Waals surface area contributed by atoms with Crippen LogP contribution in [0, 0.1) is 16.7 Å².